The molecule has 0 bridgehead atoms. The molecule has 2 amide bonds. The normalized spacial score (nSPS) is 13.3. The summed E-state index contributed by atoms with van der Waals surface area (Å²) in [6.07, 6.45) is 0.187. The molecular formula is C17H24N2O4. The van der Waals surface area contributed by atoms with Crippen molar-refractivity contribution in [1.29, 1.82) is 0 Å². The van der Waals surface area contributed by atoms with Crippen LogP contribution in [-0.2, 0) is 20.8 Å². The molecular weight excluding hydrogens is 296 g/mol. The van der Waals surface area contributed by atoms with E-state index in [-0.39, 0.29) is 18.2 Å². The van der Waals surface area contributed by atoms with Gasteiger partial charge in [-0.2, -0.15) is 0 Å². The summed E-state index contributed by atoms with van der Waals surface area (Å²) >= 11 is 0. The molecule has 0 unspecified atom stereocenters. The van der Waals surface area contributed by atoms with Crippen molar-refractivity contribution < 1.29 is 19.5 Å². The summed E-state index contributed by atoms with van der Waals surface area (Å²) in [6.45, 7) is 6.84. The number of aryl methyl sites for hydroxylation is 1. The largest absolute Gasteiger partial charge is 0.480 e. The molecule has 0 heterocycles. The minimum atomic E-state index is -1.11. The Balaban J connectivity index is 2.81. The molecule has 3 N–H and O–H groups in total. The minimum Gasteiger partial charge on any atom is -0.480 e. The molecule has 6 heteroatoms. The van der Waals surface area contributed by atoms with Gasteiger partial charge in [0, 0.05) is 13.3 Å². The standard InChI is InChI=1S/C17H24N2O4/c1-10(2)15(18-12(4)20)16(21)19-14(17(22)23)9-13-7-5-11(3)6-8-13/h5-8,10,14-15H,9H2,1-4H3,(H,18,20)(H,19,21)(H,22,23)/t14-,15+/m0/s1. The Morgan fingerprint density at radius 3 is 2.09 bits per heavy atom. The van der Waals surface area contributed by atoms with Gasteiger partial charge in [0.15, 0.2) is 0 Å². The molecule has 0 saturated heterocycles. The third-order valence-corrected chi connectivity index (χ3v) is 3.48. The quantitative estimate of drug-likeness (QED) is 0.705. The number of aliphatic carboxylic acids is 1. The summed E-state index contributed by atoms with van der Waals surface area (Å²) in [5.74, 6) is -2.07. The zero-order chi connectivity index (χ0) is 17.6. The number of benzene rings is 1. The number of carbonyl (C=O) groups is 3. The van der Waals surface area contributed by atoms with E-state index >= 15 is 0 Å². The van der Waals surface area contributed by atoms with Crippen LogP contribution in [0.1, 0.15) is 31.9 Å². The van der Waals surface area contributed by atoms with Crippen LogP contribution >= 0.6 is 0 Å². The van der Waals surface area contributed by atoms with Crippen LogP contribution in [0.2, 0.25) is 0 Å². The van der Waals surface area contributed by atoms with E-state index < -0.39 is 24.0 Å². The van der Waals surface area contributed by atoms with Gasteiger partial charge in [0.2, 0.25) is 11.8 Å². The van der Waals surface area contributed by atoms with Crippen molar-refractivity contribution in [3.63, 3.8) is 0 Å². The average molecular weight is 320 g/mol. The summed E-state index contributed by atoms with van der Waals surface area (Å²) in [5, 5.41) is 14.4. The Morgan fingerprint density at radius 2 is 1.65 bits per heavy atom. The van der Waals surface area contributed by atoms with Crippen LogP contribution < -0.4 is 10.6 Å². The number of hydrogen-bond acceptors (Lipinski definition) is 3. The van der Waals surface area contributed by atoms with Crippen molar-refractivity contribution in [3.05, 3.63) is 35.4 Å². The average Bonchev–Trinajstić information content (AvgIpc) is 2.45. The number of carbonyl (C=O) groups excluding carboxylic acids is 2. The highest BCUT2D eigenvalue weighted by Crippen LogP contribution is 2.08. The molecule has 0 aliphatic heterocycles. The lowest BCUT2D eigenvalue weighted by Gasteiger charge is -2.23. The van der Waals surface area contributed by atoms with E-state index in [1.165, 1.54) is 6.92 Å². The molecule has 0 radical (unpaired) electrons. The first kappa shape index (κ1) is 18.7. The van der Waals surface area contributed by atoms with Gasteiger partial charge in [-0.1, -0.05) is 43.7 Å². The van der Waals surface area contributed by atoms with E-state index in [1.807, 2.05) is 31.2 Å². The Kier molecular flexibility index (Phi) is 6.75. The Labute approximate surface area is 136 Å². The lowest BCUT2D eigenvalue weighted by atomic mass is 10.0. The lowest BCUT2D eigenvalue weighted by molar-refractivity contribution is -0.142. The zero-order valence-corrected chi connectivity index (χ0v) is 13.9. The molecule has 0 spiro atoms. The van der Waals surface area contributed by atoms with Crippen LogP contribution in [-0.4, -0.2) is 35.0 Å². The summed E-state index contributed by atoms with van der Waals surface area (Å²) in [5.41, 5.74) is 1.90. The summed E-state index contributed by atoms with van der Waals surface area (Å²) in [7, 11) is 0. The SMILES string of the molecule is CC(=O)N[C@@H](C(=O)N[C@@H](Cc1ccc(C)cc1)C(=O)O)C(C)C. The number of rotatable bonds is 7. The summed E-state index contributed by atoms with van der Waals surface area (Å²) in [6, 6.07) is 5.66. The van der Waals surface area contributed by atoms with Gasteiger partial charge in [-0.05, 0) is 18.4 Å². The second kappa shape index (κ2) is 8.31. The second-order valence-electron chi connectivity index (χ2n) is 6.01. The highest BCUT2D eigenvalue weighted by Gasteiger charge is 2.28. The van der Waals surface area contributed by atoms with Gasteiger partial charge in [0.25, 0.3) is 0 Å². The molecule has 126 valence electrons. The Bertz CT molecular complexity index is 566. The molecule has 0 aromatic heterocycles. The molecule has 1 aromatic rings. The van der Waals surface area contributed by atoms with Gasteiger partial charge in [0.05, 0.1) is 0 Å². The third-order valence-electron chi connectivity index (χ3n) is 3.48. The van der Waals surface area contributed by atoms with Gasteiger partial charge in [-0.25, -0.2) is 4.79 Å². The predicted octanol–water partition coefficient (Wildman–Crippen LogP) is 1.27. The van der Waals surface area contributed by atoms with Crippen LogP contribution in [0.5, 0.6) is 0 Å². The van der Waals surface area contributed by atoms with Gasteiger partial charge in [-0.15, -0.1) is 0 Å². The Hall–Kier alpha value is -2.37. The van der Waals surface area contributed by atoms with Crippen molar-refractivity contribution >= 4 is 17.8 Å². The first-order valence-electron chi connectivity index (χ1n) is 7.56. The van der Waals surface area contributed by atoms with Crippen LogP contribution in [0, 0.1) is 12.8 Å². The van der Waals surface area contributed by atoms with Gasteiger partial charge < -0.3 is 15.7 Å². The van der Waals surface area contributed by atoms with E-state index in [9.17, 15) is 19.5 Å². The van der Waals surface area contributed by atoms with Crippen molar-refractivity contribution in [2.24, 2.45) is 5.92 Å². The predicted molar refractivity (Wildman–Crippen MR) is 86.9 cm³/mol. The monoisotopic (exact) mass is 320 g/mol. The smallest absolute Gasteiger partial charge is 0.326 e. The first-order valence-corrected chi connectivity index (χ1v) is 7.56. The van der Waals surface area contributed by atoms with Crippen molar-refractivity contribution in [2.75, 3.05) is 0 Å². The van der Waals surface area contributed by atoms with Crippen molar-refractivity contribution in [2.45, 2.75) is 46.2 Å². The van der Waals surface area contributed by atoms with Crippen LogP contribution in [0.25, 0.3) is 0 Å². The van der Waals surface area contributed by atoms with Gasteiger partial charge >= 0.3 is 5.97 Å². The summed E-state index contributed by atoms with van der Waals surface area (Å²) in [4.78, 5) is 34.9. The lowest BCUT2D eigenvalue weighted by Crippen LogP contribution is -2.53. The maximum Gasteiger partial charge on any atom is 0.326 e. The molecule has 2 atom stereocenters. The minimum absolute atomic E-state index is 0.146. The Morgan fingerprint density at radius 1 is 1.09 bits per heavy atom. The second-order valence-corrected chi connectivity index (χ2v) is 6.01. The van der Waals surface area contributed by atoms with E-state index in [0.717, 1.165) is 11.1 Å². The highest BCUT2D eigenvalue weighted by atomic mass is 16.4. The van der Waals surface area contributed by atoms with Crippen LogP contribution in [0.3, 0.4) is 0 Å². The van der Waals surface area contributed by atoms with Gasteiger partial charge in [0.1, 0.15) is 12.1 Å². The van der Waals surface area contributed by atoms with E-state index in [1.54, 1.807) is 13.8 Å². The number of amides is 2. The topological polar surface area (TPSA) is 95.5 Å². The number of nitrogens with one attached hydrogen (secondary N) is 2. The fourth-order valence-corrected chi connectivity index (χ4v) is 2.18. The van der Waals surface area contributed by atoms with Crippen LogP contribution in [0.15, 0.2) is 24.3 Å². The zero-order valence-electron chi connectivity index (χ0n) is 13.9. The van der Waals surface area contributed by atoms with Crippen molar-refractivity contribution in [1.82, 2.24) is 10.6 Å². The molecule has 0 saturated carbocycles. The maximum absolute atomic E-state index is 12.3. The molecule has 0 aliphatic carbocycles. The van der Waals surface area contributed by atoms with Crippen LogP contribution in [0.4, 0.5) is 0 Å². The van der Waals surface area contributed by atoms with E-state index in [2.05, 4.69) is 10.6 Å². The molecule has 6 nitrogen and oxygen atoms in total. The summed E-state index contributed by atoms with van der Waals surface area (Å²) < 4.78 is 0. The number of carboxylic acids is 1. The fourth-order valence-electron chi connectivity index (χ4n) is 2.18. The molecule has 1 rings (SSSR count). The molecule has 0 fully saturated rings. The first-order chi connectivity index (χ1) is 10.7. The molecule has 23 heavy (non-hydrogen) atoms. The number of carboxylic acid groups (broad SMARTS) is 1. The van der Waals surface area contributed by atoms with E-state index in [4.69, 9.17) is 0 Å². The third kappa shape index (κ3) is 6.10. The van der Waals surface area contributed by atoms with Crippen molar-refractivity contribution in [3.8, 4) is 0 Å². The van der Waals surface area contributed by atoms with E-state index in [0.29, 0.717) is 0 Å². The molecule has 1 aromatic carbocycles. The molecule has 0 aliphatic rings. The van der Waals surface area contributed by atoms with Gasteiger partial charge in [-0.3, -0.25) is 9.59 Å². The fraction of sp³-hybridized carbons (Fsp3) is 0.471. The maximum atomic E-state index is 12.3. The number of hydrogen-bond donors (Lipinski definition) is 3. The highest BCUT2D eigenvalue weighted by molar-refractivity contribution is 5.90.